The molecule has 7 heteroatoms. The molecule has 35 heavy (non-hydrogen) atoms. The molecule has 0 bridgehead atoms. The zero-order valence-electron chi connectivity index (χ0n) is 22.2. The Morgan fingerprint density at radius 1 is 1.23 bits per heavy atom. The largest absolute Gasteiger partial charge is 0.329 e. The average molecular weight is 498 g/mol. The fourth-order valence-corrected chi connectivity index (χ4v) is 7.86. The Morgan fingerprint density at radius 2 is 2.03 bits per heavy atom. The first kappa shape index (κ1) is 25.1. The van der Waals surface area contributed by atoms with Crippen LogP contribution in [0.15, 0.2) is 23.3 Å². The number of allylic oxidation sites excluding steroid dienone is 1. The molecular formula is C28H43N5OS. The SMILES string of the molecule is CC(=O)N/C(=C\CN1C2CC(n3c(C)nnc3C(C)CC3CCC3)CC23CC13)CS/C=C\C(C)C. The maximum absolute atomic E-state index is 11.8. The number of nitrogens with one attached hydrogen (secondary N) is 1. The highest BCUT2D eigenvalue weighted by atomic mass is 32.2. The Morgan fingerprint density at radius 3 is 2.71 bits per heavy atom. The molecule has 2 heterocycles. The first-order chi connectivity index (χ1) is 16.8. The van der Waals surface area contributed by atoms with Crippen LogP contribution in [0.1, 0.15) is 96.2 Å². The lowest BCUT2D eigenvalue weighted by Gasteiger charge is -2.43. The molecule has 3 aliphatic carbocycles. The van der Waals surface area contributed by atoms with E-state index in [1.165, 1.54) is 50.8 Å². The normalized spacial score (nSPS) is 31.3. The van der Waals surface area contributed by atoms with Gasteiger partial charge in [-0.1, -0.05) is 52.2 Å². The minimum atomic E-state index is 0.0154. The van der Waals surface area contributed by atoms with Crippen LogP contribution >= 0.6 is 11.8 Å². The predicted molar refractivity (Wildman–Crippen MR) is 143 cm³/mol. The van der Waals surface area contributed by atoms with E-state index in [4.69, 9.17) is 0 Å². The van der Waals surface area contributed by atoms with Crippen LogP contribution in [0.25, 0.3) is 0 Å². The smallest absolute Gasteiger partial charge is 0.221 e. The van der Waals surface area contributed by atoms with Crippen molar-refractivity contribution in [1.82, 2.24) is 25.0 Å². The number of carbonyl (C=O) groups excluding carboxylic acids is 1. The minimum Gasteiger partial charge on any atom is -0.329 e. The van der Waals surface area contributed by atoms with Crippen LogP contribution in [-0.2, 0) is 4.79 Å². The van der Waals surface area contributed by atoms with Gasteiger partial charge in [-0.25, -0.2) is 0 Å². The summed E-state index contributed by atoms with van der Waals surface area (Å²) >= 11 is 1.75. The van der Waals surface area contributed by atoms with Crippen LogP contribution in [0.2, 0.25) is 0 Å². The van der Waals surface area contributed by atoms with Crippen LogP contribution in [0.5, 0.6) is 0 Å². The first-order valence-corrected chi connectivity index (χ1v) is 14.8. The van der Waals surface area contributed by atoms with Gasteiger partial charge in [-0.2, -0.15) is 0 Å². The van der Waals surface area contributed by atoms with Crippen LogP contribution in [0.3, 0.4) is 0 Å². The van der Waals surface area contributed by atoms with Crippen molar-refractivity contribution < 1.29 is 4.79 Å². The van der Waals surface area contributed by atoms with Gasteiger partial charge in [-0.3, -0.25) is 9.69 Å². The second-order valence-electron chi connectivity index (χ2n) is 12.0. The Kier molecular flexibility index (Phi) is 7.19. The number of rotatable bonds is 11. The van der Waals surface area contributed by atoms with Gasteiger partial charge in [0.2, 0.25) is 5.91 Å². The van der Waals surface area contributed by atoms with Gasteiger partial charge in [-0.15, -0.1) is 22.0 Å². The van der Waals surface area contributed by atoms with Gasteiger partial charge in [0.15, 0.2) is 0 Å². The molecule has 5 unspecified atom stereocenters. The van der Waals surface area contributed by atoms with Crippen LogP contribution < -0.4 is 5.32 Å². The van der Waals surface area contributed by atoms with E-state index in [0.29, 0.717) is 35.4 Å². The highest BCUT2D eigenvalue weighted by molar-refractivity contribution is 8.02. The lowest BCUT2D eigenvalue weighted by atomic mass is 9.79. The molecule has 0 radical (unpaired) electrons. The Labute approximate surface area is 215 Å². The summed E-state index contributed by atoms with van der Waals surface area (Å²) in [4.78, 5) is 14.4. The van der Waals surface area contributed by atoms with Crippen molar-refractivity contribution in [2.24, 2.45) is 17.3 Å². The molecule has 192 valence electrons. The number of carbonyl (C=O) groups is 1. The topological polar surface area (TPSA) is 63.1 Å². The van der Waals surface area contributed by atoms with Gasteiger partial charge >= 0.3 is 0 Å². The summed E-state index contributed by atoms with van der Waals surface area (Å²) in [7, 11) is 0. The van der Waals surface area contributed by atoms with Crippen LogP contribution in [-0.4, -0.2) is 50.0 Å². The summed E-state index contributed by atoms with van der Waals surface area (Å²) < 4.78 is 2.51. The number of hydrogen-bond donors (Lipinski definition) is 1. The quantitative estimate of drug-likeness (QED) is 0.432. The third kappa shape index (κ3) is 5.00. The van der Waals surface area contributed by atoms with Gasteiger partial charge in [0, 0.05) is 54.4 Å². The molecule has 1 amide bonds. The van der Waals surface area contributed by atoms with Gasteiger partial charge < -0.3 is 9.88 Å². The number of aromatic nitrogens is 3. The van der Waals surface area contributed by atoms with E-state index in [9.17, 15) is 4.79 Å². The van der Waals surface area contributed by atoms with E-state index in [-0.39, 0.29) is 5.91 Å². The summed E-state index contributed by atoms with van der Waals surface area (Å²) in [5.74, 6) is 5.07. The van der Waals surface area contributed by atoms with Gasteiger partial charge in [-0.05, 0) is 49.9 Å². The Hall–Kier alpha value is -1.60. The lowest BCUT2D eigenvalue weighted by molar-refractivity contribution is -0.118. The number of hydrogen-bond acceptors (Lipinski definition) is 5. The van der Waals surface area contributed by atoms with E-state index in [1.807, 2.05) is 0 Å². The molecule has 5 rings (SSSR count). The molecule has 1 saturated heterocycles. The average Bonchev–Trinajstić information content (AvgIpc) is 3.03. The molecule has 1 spiro atoms. The minimum absolute atomic E-state index is 0.0154. The highest BCUT2D eigenvalue weighted by Gasteiger charge is 2.75. The summed E-state index contributed by atoms with van der Waals surface area (Å²) in [5, 5.41) is 14.4. The molecule has 1 aromatic rings. The summed E-state index contributed by atoms with van der Waals surface area (Å²) in [5.41, 5.74) is 1.55. The molecule has 4 aliphatic rings. The fourth-order valence-electron chi connectivity index (χ4n) is 6.97. The van der Waals surface area contributed by atoms with Gasteiger partial charge in [0.25, 0.3) is 0 Å². The van der Waals surface area contributed by atoms with Gasteiger partial charge in [0.05, 0.1) is 0 Å². The molecule has 3 saturated carbocycles. The number of aryl methyl sites for hydroxylation is 1. The summed E-state index contributed by atoms with van der Waals surface area (Å²) in [6.07, 6.45) is 13.7. The van der Waals surface area contributed by atoms with Crippen molar-refractivity contribution in [3.63, 3.8) is 0 Å². The van der Waals surface area contributed by atoms with Crippen molar-refractivity contribution >= 4 is 17.7 Å². The van der Waals surface area contributed by atoms with Crippen molar-refractivity contribution in [2.75, 3.05) is 12.3 Å². The number of amides is 1. The third-order valence-electron chi connectivity index (χ3n) is 8.95. The van der Waals surface area contributed by atoms with Crippen molar-refractivity contribution in [3.05, 3.63) is 34.9 Å². The van der Waals surface area contributed by atoms with E-state index in [0.717, 1.165) is 29.7 Å². The first-order valence-electron chi connectivity index (χ1n) is 13.7. The second kappa shape index (κ2) is 10.0. The number of thioether (sulfide) groups is 1. The molecule has 4 fully saturated rings. The maximum Gasteiger partial charge on any atom is 0.221 e. The van der Waals surface area contributed by atoms with Crippen molar-refractivity contribution in [2.45, 2.75) is 104 Å². The summed E-state index contributed by atoms with van der Waals surface area (Å²) in [6, 6.07) is 1.89. The van der Waals surface area contributed by atoms with Gasteiger partial charge in [0.1, 0.15) is 11.6 Å². The van der Waals surface area contributed by atoms with E-state index in [2.05, 4.69) is 70.2 Å². The molecule has 1 aliphatic heterocycles. The predicted octanol–water partition coefficient (Wildman–Crippen LogP) is 5.58. The lowest BCUT2D eigenvalue weighted by Crippen LogP contribution is -2.53. The monoisotopic (exact) mass is 497 g/mol. The van der Waals surface area contributed by atoms with E-state index in [1.54, 1.807) is 18.7 Å². The molecule has 0 aromatic carbocycles. The molecule has 1 N–H and O–H groups in total. The van der Waals surface area contributed by atoms with Crippen LogP contribution in [0, 0.1) is 24.2 Å². The van der Waals surface area contributed by atoms with Crippen molar-refractivity contribution in [1.29, 1.82) is 0 Å². The second-order valence-corrected chi connectivity index (χ2v) is 12.9. The van der Waals surface area contributed by atoms with E-state index < -0.39 is 0 Å². The Bertz CT molecular complexity index is 995. The third-order valence-corrected chi connectivity index (χ3v) is 9.77. The molecule has 6 nitrogen and oxygen atoms in total. The summed E-state index contributed by atoms with van der Waals surface area (Å²) in [6.45, 7) is 11.4. The molecule has 1 aromatic heterocycles. The number of nitrogens with zero attached hydrogens (tertiary/aromatic N) is 4. The molecular weight excluding hydrogens is 454 g/mol. The van der Waals surface area contributed by atoms with Crippen molar-refractivity contribution in [3.8, 4) is 0 Å². The zero-order valence-corrected chi connectivity index (χ0v) is 23.0. The zero-order chi connectivity index (χ0) is 24.7. The van der Waals surface area contributed by atoms with Crippen LogP contribution in [0.4, 0.5) is 0 Å². The van der Waals surface area contributed by atoms with E-state index >= 15 is 0 Å². The highest BCUT2D eigenvalue weighted by Crippen LogP contribution is 2.72. The molecule has 5 atom stereocenters. The maximum atomic E-state index is 11.8. The standard InChI is InChI=1S/C28H43N5OS/c1-18(2)10-12-35-17-23(29-21(5)34)9-11-32-25-14-24(15-28(25)16-26(28)32)33-20(4)30-31-27(33)19(3)13-22-7-6-8-22/h9-10,12,18-19,22,24-26H,6-8,11,13-17H2,1-5H3,(H,29,34)/b12-10-,23-9-. The fraction of sp³-hybridized carbons (Fsp3) is 0.750. The Balaban J connectivity index is 1.22. The number of likely N-dealkylation sites (tertiary alicyclic amines) is 1.